The Morgan fingerprint density at radius 3 is 2.66 bits per heavy atom. The molecule has 38 heavy (non-hydrogen) atoms. The maximum absolute atomic E-state index is 12.6. The number of anilines is 2. The van der Waals surface area contributed by atoms with Gasteiger partial charge in [0.15, 0.2) is 0 Å². The van der Waals surface area contributed by atoms with Crippen molar-refractivity contribution in [1.29, 1.82) is 0 Å². The highest BCUT2D eigenvalue weighted by Crippen LogP contribution is 2.36. The molecule has 2 aromatic carbocycles. The number of nitrogens with one attached hydrogen (secondary N) is 1. The van der Waals surface area contributed by atoms with E-state index in [0.29, 0.717) is 42.0 Å². The van der Waals surface area contributed by atoms with Gasteiger partial charge in [-0.15, -0.1) is 0 Å². The number of benzene rings is 2. The molecule has 196 valence electrons. The van der Waals surface area contributed by atoms with Crippen LogP contribution in [0.2, 0.25) is 0 Å². The summed E-state index contributed by atoms with van der Waals surface area (Å²) in [6, 6.07) is 17.1. The van der Waals surface area contributed by atoms with Gasteiger partial charge in [0.25, 0.3) is 0 Å². The summed E-state index contributed by atoms with van der Waals surface area (Å²) in [5.74, 6) is 1.57. The number of carbonyl (C=O) groups is 1. The maximum atomic E-state index is 12.6. The Kier molecular flexibility index (Phi) is 7.00. The molecule has 0 unspecified atom stereocenters. The van der Waals surface area contributed by atoms with Gasteiger partial charge in [-0.2, -0.15) is 0 Å². The van der Waals surface area contributed by atoms with Crippen LogP contribution in [-0.4, -0.2) is 50.7 Å². The predicted octanol–water partition coefficient (Wildman–Crippen LogP) is 5.88. The minimum Gasteiger partial charge on any atom is -0.444 e. The number of piperidine rings is 1. The summed E-state index contributed by atoms with van der Waals surface area (Å²) in [4.78, 5) is 28.0. The van der Waals surface area contributed by atoms with E-state index in [1.54, 1.807) is 17.3 Å². The zero-order chi connectivity index (χ0) is 26.7. The number of nitrogen functional groups attached to an aromatic ring is 1. The van der Waals surface area contributed by atoms with Gasteiger partial charge in [0.05, 0.1) is 11.3 Å². The molecule has 1 aliphatic heterocycles. The van der Waals surface area contributed by atoms with Gasteiger partial charge in [-0.1, -0.05) is 24.3 Å². The van der Waals surface area contributed by atoms with Crippen LogP contribution in [0.1, 0.15) is 33.6 Å². The molecule has 0 saturated carbocycles. The van der Waals surface area contributed by atoms with E-state index in [0.717, 1.165) is 29.2 Å². The molecule has 0 bridgehead atoms. The minimum atomic E-state index is -0.531. The van der Waals surface area contributed by atoms with Crippen molar-refractivity contribution in [2.75, 3.05) is 24.1 Å². The maximum Gasteiger partial charge on any atom is 0.410 e. The summed E-state index contributed by atoms with van der Waals surface area (Å²) in [6.45, 7) is 6.81. The summed E-state index contributed by atoms with van der Waals surface area (Å²) in [5, 5.41) is 5.22. The Morgan fingerprint density at radius 2 is 1.84 bits per heavy atom. The number of hydrogen-bond acceptors (Lipinski definition) is 8. The smallest absolute Gasteiger partial charge is 0.410 e. The number of fused-ring (bicyclic) bond motifs is 1. The molecule has 0 radical (unpaired) electrons. The standard InChI is InChI=1S/C29H32N6O3/c1-29(2,3)38-28(36)35-17-7-8-19(18-35)33-27-32-16-14-24(34-27)22-11-6-15-31-26(22)37-25-13-12-23(30)20-9-4-5-10-21(20)25/h4-6,9-16,19H,7-8,17-18,30H2,1-3H3,(H,32,33,34)/t19-/m0/s1. The molecule has 9 heteroatoms. The van der Waals surface area contributed by atoms with Crippen LogP contribution >= 0.6 is 0 Å². The van der Waals surface area contributed by atoms with Crippen LogP contribution < -0.4 is 15.8 Å². The zero-order valence-electron chi connectivity index (χ0n) is 21.8. The number of carbonyl (C=O) groups excluding carboxylic acids is 1. The molecule has 0 aliphatic carbocycles. The topological polar surface area (TPSA) is 115 Å². The fourth-order valence-electron chi connectivity index (χ4n) is 4.50. The summed E-state index contributed by atoms with van der Waals surface area (Å²) in [6.07, 6.45) is 4.86. The van der Waals surface area contributed by atoms with Crippen molar-refractivity contribution >= 4 is 28.5 Å². The third-order valence-electron chi connectivity index (χ3n) is 6.23. The average molecular weight is 513 g/mol. The van der Waals surface area contributed by atoms with Crippen molar-refractivity contribution in [3.63, 3.8) is 0 Å². The van der Waals surface area contributed by atoms with Crippen LogP contribution in [0.5, 0.6) is 11.6 Å². The molecule has 1 atom stereocenters. The lowest BCUT2D eigenvalue weighted by Crippen LogP contribution is -2.47. The second kappa shape index (κ2) is 10.5. The molecule has 9 nitrogen and oxygen atoms in total. The molecule has 3 N–H and O–H groups in total. The largest absolute Gasteiger partial charge is 0.444 e. The molecule has 2 aromatic heterocycles. The first-order valence-corrected chi connectivity index (χ1v) is 12.7. The minimum absolute atomic E-state index is 0.0114. The molecule has 1 fully saturated rings. The lowest BCUT2D eigenvalue weighted by atomic mass is 10.1. The van der Waals surface area contributed by atoms with E-state index in [9.17, 15) is 4.79 Å². The van der Waals surface area contributed by atoms with Crippen molar-refractivity contribution in [2.45, 2.75) is 45.3 Å². The summed E-state index contributed by atoms with van der Waals surface area (Å²) in [7, 11) is 0. The number of hydrogen-bond donors (Lipinski definition) is 2. The molecule has 0 spiro atoms. The number of amides is 1. The molecular weight excluding hydrogens is 480 g/mol. The lowest BCUT2D eigenvalue weighted by molar-refractivity contribution is 0.0206. The first-order valence-electron chi connectivity index (χ1n) is 12.7. The van der Waals surface area contributed by atoms with E-state index < -0.39 is 5.60 Å². The van der Waals surface area contributed by atoms with Crippen molar-refractivity contribution in [3.05, 3.63) is 67.0 Å². The van der Waals surface area contributed by atoms with E-state index in [1.165, 1.54) is 0 Å². The Balaban J connectivity index is 1.35. The zero-order valence-corrected chi connectivity index (χ0v) is 21.8. The van der Waals surface area contributed by atoms with E-state index in [4.69, 9.17) is 20.2 Å². The summed E-state index contributed by atoms with van der Waals surface area (Å²) < 4.78 is 11.8. The van der Waals surface area contributed by atoms with Crippen LogP contribution in [0.25, 0.3) is 22.0 Å². The molecular formula is C29H32N6O3. The van der Waals surface area contributed by atoms with Crippen LogP contribution in [-0.2, 0) is 4.74 Å². The third kappa shape index (κ3) is 5.77. The van der Waals surface area contributed by atoms with Crippen molar-refractivity contribution < 1.29 is 14.3 Å². The number of pyridine rings is 1. The highest BCUT2D eigenvalue weighted by molar-refractivity contribution is 5.97. The highest BCUT2D eigenvalue weighted by Gasteiger charge is 2.28. The van der Waals surface area contributed by atoms with Gasteiger partial charge < -0.3 is 25.4 Å². The van der Waals surface area contributed by atoms with Crippen LogP contribution in [0.3, 0.4) is 0 Å². The quantitative estimate of drug-likeness (QED) is 0.319. The highest BCUT2D eigenvalue weighted by atomic mass is 16.6. The van der Waals surface area contributed by atoms with E-state index in [2.05, 4.69) is 15.3 Å². The molecule has 4 aromatic rings. The summed E-state index contributed by atoms with van der Waals surface area (Å²) >= 11 is 0. The van der Waals surface area contributed by atoms with Gasteiger partial charge in [0, 0.05) is 48.0 Å². The molecule has 1 amide bonds. The normalized spacial score (nSPS) is 15.8. The number of aromatic nitrogens is 3. The first-order chi connectivity index (χ1) is 18.3. The van der Waals surface area contributed by atoms with Gasteiger partial charge in [-0.05, 0) is 63.9 Å². The Morgan fingerprint density at radius 1 is 1.03 bits per heavy atom. The number of ether oxygens (including phenoxy) is 2. The third-order valence-corrected chi connectivity index (χ3v) is 6.23. The van der Waals surface area contributed by atoms with E-state index in [-0.39, 0.29) is 12.1 Å². The second-order valence-electron chi connectivity index (χ2n) is 10.3. The first kappa shape index (κ1) is 25.3. The average Bonchev–Trinajstić information content (AvgIpc) is 2.90. The number of rotatable bonds is 5. The Labute approximate surface area is 222 Å². The number of nitrogens with zero attached hydrogens (tertiary/aromatic N) is 4. The number of nitrogens with two attached hydrogens (primary N) is 1. The SMILES string of the molecule is CC(C)(C)OC(=O)N1CCC[C@H](Nc2nccc(-c3cccnc3Oc3ccc(N)c4ccccc34)n2)C1. The molecule has 5 rings (SSSR count). The molecule has 3 heterocycles. The van der Waals surface area contributed by atoms with E-state index in [1.807, 2.05) is 75.4 Å². The van der Waals surface area contributed by atoms with Crippen LogP contribution in [0, 0.1) is 0 Å². The van der Waals surface area contributed by atoms with E-state index >= 15 is 0 Å². The van der Waals surface area contributed by atoms with Gasteiger partial charge >= 0.3 is 6.09 Å². The Hall–Kier alpha value is -4.40. The number of likely N-dealkylation sites (tertiary alicyclic amines) is 1. The monoisotopic (exact) mass is 512 g/mol. The fourth-order valence-corrected chi connectivity index (χ4v) is 4.50. The van der Waals surface area contributed by atoms with Gasteiger partial charge in [0.2, 0.25) is 11.8 Å². The van der Waals surface area contributed by atoms with Crippen LogP contribution in [0.4, 0.5) is 16.4 Å². The summed E-state index contributed by atoms with van der Waals surface area (Å²) in [5.41, 5.74) is 7.72. The van der Waals surface area contributed by atoms with Crippen LogP contribution in [0.15, 0.2) is 67.0 Å². The van der Waals surface area contributed by atoms with Gasteiger partial charge in [0.1, 0.15) is 11.4 Å². The predicted molar refractivity (Wildman–Crippen MR) is 148 cm³/mol. The fraction of sp³-hybridized carbons (Fsp3) is 0.310. The lowest BCUT2D eigenvalue weighted by Gasteiger charge is -2.34. The van der Waals surface area contributed by atoms with Crippen molar-refractivity contribution in [3.8, 4) is 22.9 Å². The van der Waals surface area contributed by atoms with Gasteiger partial charge in [-0.3, -0.25) is 0 Å². The molecule has 1 saturated heterocycles. The Bertz CT molecular complexity index is 1450. The van der Waals surface area contributed by atoms with Crippen molar-refractivity contribution in [1.82, 2.24) is 19.9 Å². The second-order valence-corrected chi connectivity index (χ2v) is 10.3. The van der Waals surface area contributed by atoms with Gasteiger partial charge in [-0.25, -0.2) is 19.7 Å². The molecule has 1 aliphatic rings. The van der Waals surface area contributed by atoms with Crippen molar-refractivity contribution in [2.24, 2.45) is 0 Å².